The summed E-state index contributed by atoms with van der Waals surface area (Å²) < 4.78 is 5.32. The molecule has 2 aromatic carbocycles. The second-order valence-corrected chi connectivity index (χ2v) is 6.97. The van der Waals surface area contributed by atoms with Crippen LogP contribution in [0.3, 0.4) is 0 Å². The molecule has 0 saturated heterocycles. The third-order valence-corrected chi connectivity index (χ3v) is 5.01. The van der Waals surface area contributed by atoms with Crippen molar-refractivity contribution in [1.82, 2.24) is 15.2 Å². The van der Waals surface area contributed by atoms with E-state index < -0.39 is 0 Å². The lowest BCUT2D eigenvalue weighted by Crippen LogP contribution is -2.23. The summed E-state index contributed by atoms with van der Waals surface area (Å²) >= 11 is 1.57. The van der Waals surface area contributed by atoms with E-state index in [1.807, 2.05) is 61.5 Å². The first-order chi connectivity index (χ1) is 12.7. The number of hydrogen-bond acceptors (Lipinski definition) is 5. The smallest absolute Gasteiger partial charge is 0.249 e. The molecule has 0 saturated carbocycles. The lowest BCUT2D eigenvalue weighted by Gasteiger charge is -2.10. The summed E-state index contributed by atoms with van der Waals surface area (Å²) in [6.45, 7) is 1.87. The minimum Gasteiger partial charge on any atom is -0.496 e. The molecule has 7 heteroatoms. The zero-order valence-corrected chi connectivity index (χ0v) is 15.4. The van der Waals surface area contributed by atoms with Crippen LogP contribution in [-0.4, -0.2) is 33.4 Å². The largest absolute Gasteiger partial charge is 0.496 e. The van der Waals surface area contributed by atoms with Crippen LogP contribution in [0.25, 0.3) is 11.4 Å². The molecule has 1 heterocycles. The van der Waals surface area contributed by atoms with Gasteiger partial charge in [-0.15, -0.1) is 16.9 Å². The first-order valence-electron chi connectivity index (χ1n) is 8.19. The number of H-pyrrole nitrogens is 1. The van der Waals surface area contributed by atoms with Crippen LogP contribution in [0.5, 0.6) is 5.75 Å². The fourth-order valence-corrected chi connectivity index (χ4v) is 3.21. The first-order valence-corrected chi connectivity index (χ1v) is 9.24. The topological polar surface area (TPSA) is 79.9 Å². The van der Waals surface area contributed by atoms with Gasteiger partial charge >= 0.3 is 0 Å². The third kappa shape index (κ3) is 4.43. The molecule has 0 radical (unpaired) electrons. The summed E-state index contributed by atoms with van der Waals surface area (Å²) in [7, 11) is 1.60. The number of thioether (sulfide) groups is 1. The average molecular weight is 368 g/mol. The summed E-state index contributed by atoms with van der Waals surface area (Å²) in [5.41, 5.74) is 1.98. The van der Waals surface area contributed by atoms with Crippen LogP contribution in [0.4, 0.5) is 5.95 Å². The van der Waals surface area contributed by atoms with Crippen LogP contribution >= 0.6 is 11.8 Å². The molecule has 134 valence electrons. The fourth-order valence-electron chi connectivity index (χ4n) is 2.36. The van der Waals surface area contributed by atoms with Gasteiger partial charge in [0.15, 0.2) is 5.82 Å². The molecule has 26 heavy (non-hydrogen) atoms. The molecule has 1 atom stereocenters. The maximum absolute atomic E-state index is 12.4. The summed E-state index contributed by atoms with van der Waals surface area (Å²) in [6, 6.07) is 17.6. The number of nitrogens with one attached hydrogen (secondary N) is 2. The molecule has 0 aliphatic carbocycles. The predicted molar refractivity (Wildman–Crippen MR) is 104 cm³/mol. The number of aromatic amines is 1. The average Bonchev–Trinajstić information content (AvgIpc) is 3.15. The van der Waals surface area contributed by atoms with Crippen LogP contribution in [-0.2, 0) is 10.5 Å². The summed E-state index contributed by atoms with van der Waals surface area (Å²) in [6.07, 6.45) is 0. The molecule has 0 aliphatic rings. The van der Waals surface area contributed by atoms with Gasteiger partial charge in [-0.1, -0.05) is 42.5 Å². The van der Waals surface area contributed by atoms with E-state index in [2.05, 4.69) is 20.5 Å². The van der Waals surface area contributed by atoms with Crippen molar-refractivity contribution in [1.29, 1.82) is 0 Å². The zero-order chi connectivity index (χ0) is 18.4. The van der Waals surface area contributed by atoms with Gasteiger partial charge in [-0.3, -0.25) is 15.2 Å². The van der Waals surface area contributed by atoms with Crippen LogP contribution in [0.1, 0.15) is 12.5 Å². The first kappa shape index (κ1) is 18.0. The molecule has 6 nitrogen and oxygen atoms in total. The van der Waals surface area contributed by atoms with E-state index in [1.165, 1.54) is 5.56 Å². The molecule has 0 bridgehead atoms. The lowest BCUT2D eigenvalue weighted by atomic mass is 10.2. The number of aromatic nitrogens is 3. The number of amides is 1. The Bertz CT molecular complexity index is 867. The molecule has 3 rings (SSSR count). The van der Waals surface area contributed by atoms with Gasteiger partial charge in [0, 0.05) is 5.75 Å². The van der Waals surface area contributed by atoms with Crippen molar-refractivity contribution in [3.05, 3.63) is 60.2 Å². The molecule has 3 aromatic rings. The Kier molecular flexibility index (Phi) is 5.91. The highest BCUT2D eigenvalue weighted by atomic mass is 32.2. The van der Waals surface area contributed by atoms with Crippen LogP contribution in [0, 0.1) is 0 Å². The van der Waals surface area contributed by atoms with Crippen LogP contribution in [0.2, 0.25) is 0 Å². The van der Waals surface area contributed by atoms with Crippen molar-refractivity contribution in [2.45, 2.75) is 17.9 Å². The van der Waals surface area contributed by atoms with E-state index in [1.54, 1.807) is 18.9 Å². The van der Waals surface area contributed by atoms with Crippen molar-refractivity contribution < 1.29 is 9.53 Å². The number of benzene rings is 2. The minimum atomic E-state index is -0.219. The van der Waals surface area contributed by atoms with Gasteiger partial charge in [-0.25, -0.2) is 0 Å². The summed E-state index contributed by atoms with van der Waals surface area (Å²) in [4.78, 5) is 16.7. The Morgan fingerprint density at radius 1 is 1.19 bits per heavy atom. The molecule has 1 amide bonds. The Labute approximate surface area is 156 Å². The van der Waals surface area contributed by atoms with Crippen LogP contribution in [0.15, 0.2) is 54.6 Å². The number of hydrogen-bond donors (Lipinski definition) is 2. The van der Waals surface area contributed by atoms with Gasteiger partial charge in [-0.2, -0.15) is 4.98 Å². The van der Waals surface area contributed by atoms with Crippen molar-refractivity contribution in [3.8, 4) is 17.1 Å². The van der Waals surface area contributed by atoms with Crippen molar-refractivity contribution in [2.75, 3.05) is 12.4 Å². The molecule has 0 spiro atoms. The molecule has 0 fully saturated rings. The number of para-hydroxylation sites is 1. The van der Waals surface area contributed by atoms with Crippen molar-refractivity contribution in [3.63, 3.8) is 0 Å². The Balaban J connectivity index is 1.60. The molecule has 2 N–H and O–H groups in total. The quantitative estimate of drug-likeness (QED) is 0.664. The van der Waals surface area contributed by atoms with Gasteiger partial charge < -0.3 is 4.74 Å². The van der Waals surface area contributed by atoms with E-state index in [-0.39, 0.29) is 17.1 Å². The Morgan fingerprint density at radius 3 is 2.69 bits per heavy atom. The maximum Gasteiger partial charge on any atom is 0.249 e. The van der Waals surface area contributed by atoms with Gasteiger partial charge in [0.1, 0.15) is 5.75 Å². The van der Waals surface area contributed by atoms with E-state index in [0.717, 1.165) is 11.3 Å². The van der Waals surface area contributed by atoms with Crippen molar-refractivity contribution >= 4 is 23.6 Å². The third-order valence-electron chi connectivity index (χ3n) is 3.79. The zero-order valence-electron chi connectivity index (χ0n) is 14.6. The normalized spacial score (nSPS) is 11.8. The number of ether oxygens (including phenoxy) is 1. The predicted octanol–water partition coefficient (Wildman–Crippen LogP) is 3.74. The second kappa shape index (κ2) is 8.53. The standard InChI is InChI=1S/C19H20N4O2S/c1-13(26-12-14-8-4-3-5-9-14)18(24)21-19-20-17(22-23-19)15-10-6-7-11-16(15)25-2/h3-11,13H,12H2,1-2H3,(H2,20,21,22,23,24)/t13-/m0/s1. The Morgan fingerprint density at radius 2 is 1.92 bits per heavy atom. The SMILES string of the molecule is COc1ccccc1-c1nc(NC(=O)[C@H](C)SCc2ccccc2)n[nH]1. The van der Waals surface area contributed by atoms with E-state index >= 15 is 0 Å². The molecular weight excluding hydrogens is 348 g/mol. The van der Waals surface area contributed by atoms with E-state index in [0.29, 0.717) is 11.6 Å². The summed E-state index contributed by atoms with van der Waals surface area (Å²) in [5.74, 6) is 2.13. The molecule has 0 unspecified atom stereocenters. The van der Waals surface area contributed by atoms with Gasteiger partial charge in [0.25, 0.3) is 0 Å². The minimum absolute atomic E-state index is 0.128. The van der Waals surface area contributed by atoms with E-state index in [9.17, 15) is 4.79 Å². The monoisotopic (exact) mass is 368 g/mol. The number of methoxy groups -OCH3 is 1. The molecular formula is C19H20N4O2S. The van der Waals surface area contributed by atoms with Crippen molar-refractivity contribution in [2.24, 2.45) is 0 Å². The highest BCUT2D eigenvalue weighted by Gasteiger charge is 2.17. The fraction of sp³-hybridized carbons (Fsp3) is 0.211. The maximum atomic E-state index is 12.4. The highest BCUT2D eigenvalue weighted by molar-refractivity contribution is 7.99. The van der Waals surface area contributed by atoms with Gasteiger partial charge in [0.05, 0.1) is 17.9 Å². The number of nitrogens with zero attached hydrogens (tertiary/aromatic N) is 2. The van der Waals surface area contributed by atoms with E-state index in [4.69, 9.17) is 4.74 Å². The number of carbonyl (C=O) groups is 1. The molecule has 1 aromatic heterocycles. The number of anilines is 1. The highest BCUT2D eigenvalue weighted by Crippen LogP contribution is 2.27. The Hall–Kier alpha value is -2.80. The summed E-state index contributed by atoms with van der Waals surface area (Å²) in [5, 5.41) is 9.44. The van der Waals surface area contributed by atoms with Gasteiger partial charge in [-0.05, 0) is 24.6 Å². The van der Waals surface area contributed by atoms with Gasteiger partial charge in [0.2, 0.25) is 11.9 Å². The molecule has 0 aliphatic heterocycles. The lowest BCUT2D eigenvalue weighted by molar-refractivity contribution is -0.115. The second-order valence-electron chi connectivity index (χ2n) is 5.64. The van der Waals surface area contributed by atoms with Crippen LogP contribution < -0.4 is 10.1 Å². The number of carbonyl (C=O) groups excluding carboxylic acids is 1. The number of rotatable bonds is 7.